The number of anilines is 1. The molecule has 3 heterocycles. The molecule has 1 atom stereocenters. The Morgan fingerprint density at radius 2 is 2.07 bits per heavy atom. The van der Waals surface area contributed by atoms with E-state index in [1.807, 2.05) is 17.0 Å². The summed E-state index contributed by atoms with van der Waals surface area (Å²) < 4.78 is 13.5. The molecule has 2 aromatic rings. The Kier molecular flexibility index (Phi) is 5.40. The van der Waals surface area contributed by atoms with Gasteiger partial charge in [-0.25, -0.2) is 9.97 Å². The SMILES string of the molecule is NCCN(Cc1ccc2c(c1)CN(C1CCC(=O)NC1=O)C2=O)c1cc(F)ncn1. The van der Waals surface area contributed by atoms with E-state index >= 15 is 0 Å². The molecule has 10 heteroatoms. The van der Waals surface area contributed by atoms with Crippen molar-refractivity contribution in [2.24, 2.45) is 5.73 Å². The maximum Gasteiger partial charge on any atom is 0.255 e. The zero-order valence-electron chi connectivity index (χ0n) is 16.2. The van der Waals surface area contributed by atoms with Crippen LogP contribution in [-0.2, 0) is 22.7 Å². The highest BCUT2D eigenvalue weighted by molar-refractivity contribution is 6.05. The van der Waals surface area contributed by atoms with Crippen molar-refractivity contribution < 1.29 is 18.8 Å². The van der Waals surface area contributed by atoms with Crippen molar-refractivity contribution in [3.8, 4) is 0 Å². The maximum atomic E-state index is 13.5. The molecule has 1 fully saturated rings. The summed E-state index contributed by atoms with van der Waals surface area (Å²) in [5.41, 5.74) is 7.95. The lowest BCUT2D eigenvalue weighted by atomic mass is 10.0. The summed E-state index contributed by atoms with van der Waals surface area (Å²) in [4.78, 5) is 47.3. The predicted molar refractivity (Wildman–Crippen MR) is 105 cm³/mol. The highest BCUT2D eigenvalue weighted by Crippen LogP contribution is 2.28. The van der Waals surface area contributed by atoms with E-state index in [1.54, 1.807) is 6.07 Å². The van der Waals surface area contributed by atoms with Gasteiger partial charge in [-0.2, -0.15) is 4.39 Å². The van der Waals surface area contributed by atoms with Crippen LogP contribution in [0, 0.1) is 5.95 Å². The van der Waals surface area contributed by atoms with Crippen LogP contribution < -0.4 is 16.0 Å². The van der Waals surface area contributed by atoms with Gasteiger partial charge in [-0.15, -0.1) is 0 Å². The van der Waals surface area contributed by atoms with E-state index in [0.29, 0.717) is 44.0 Å². The molecule has 1 aromatic heterocycles. The number of imide groups is 1. The number of benzene rings is 1. The van der Waals surface area contributed by atoms with Crippen LogP contribution >= 0.6 is 0 Å². The molecule has 4 rings (SSSR count). The largest absolute Gasteiger partial charge is 0.351 e. The summed E-state index contributed by atoms with van der Waals surface area (Å²) in [6.45, 7) is 1.55. The van der Waals surface area contributed by atoms with Gasteiger partial charge < -0.3 is 15.5 Å². The van der Waals surface area contributed by atoms with Crippen LogP contribution in [0.25, 0.3) is 0 Å². The highest BCUT2D eigenvalue weighted by Gasteiger charge is 2.39. The second-order valence-corrected chi connectivity index (χ2v) is 7.30. The number of piperidine rings is 1. The van der Waals surface area contributed by atoms with E-state index in [0.717, 1.165) is 17.5 Å². The number of carbonyl (C=O) groups is 3. The molecule has 3 amide bonds. The average molecular weight is 412 g/mol. The van der Waals surface area contributed by atoms with Gasteiger partial charge in [0.1, 0.15) is 18.2 Å². The van der Waals surface area contributed by atoms with Crippen LogP contribution in [-0.4, -0.2) is 51.7 Å². The lowest BCUT2D eigenvalue weighted by Gasteiger charge is -2.29. The number of hydrogen-bond donors (Lipinski definition) is 2. The zero-order valence-corrected chi connectivity index (χ0v) is 16.2. The van der Waals surface area contributed by atoms with E-state index in [-0.39, 0.29) is 18.2 Å². The van der Waals surface area contributed by atoms with Crippen molar-refractivity contribution in [3.63, 3.8) is 0 Å². The fraction of sp³-hybridized carbons (Fsp3) is 0.350. The molecule has 2 aliphatic heterocycles. The van der Waals surface area contributed by atoms with Crippen LogP contribution in [0.5, 0.6) is 0 Å². The number of carbonyl (C=O) groups excluding carboxylic acids is 3. The number of rotatable bonds is 6. The van der Waals surface area contributed by atoms with E-state index in [1.165, 1.54) is 11.0 Å². The van der Waals surface area contributed by atoms with E-state index < -0.39 is 17.9 Å². The standard InChI is InChI=1S/C20H21FN6O3/c21-16-8-17(24-11-23-16)26(6-5-22)9-12-1-2-14-13(7-12)10-27(20(14)30)15-3-4-18(28)25-19(15)29/h1-2,7-8,11,15H,3-6,9-10,22H2,(H,25,28,29). The lowest BCUT2D eigenvalue weighted by molar-refractivity contribution is -0.136. The Balaban J connectivity index is 1.53. The number of aromatic nitrogens is 2. The minimum Gasteiger partial charge on any atom is -0.351 e. The van der Waals surface area contributed by atoms with Gasteiger partial charge in [0.05, 0.1) is 0 Å². The Morgan fingerprint density at radius 1 is 1.23 bits per heavy atom. The smallest absolute Gasteiger partial charge is 0.255 e. The van der Waals surface area contributed by atoms with Gasteiger partial charge in [-0.1, -0.05) is 12.1 Å². The first kappa shape index (κ1) is 19.9. The number of halogens is 1. The van der Waals surface area contributed by atoms with Crippen LogP contribution in [0.4, 0.5) is 10.2 Å². The fourth-order valence-electron chi connectivity index (χ4n) is 3.87. The summed E-state index contributed by atoms with van der Waals surface area (Å²) in [6, 6.07) is 6.06. The molecule has 1 aromatic carbocycles. The molecule has 0 spiro atoms. The van der Waals surface area contributed by atoms with Gasteiger partial charge in [0, 0.05) is 44.2 Å². The van der Waals surface area contributed by atoms with Gasteiger partial charge in [0.15, 0.2) is 0 Å². The predicted octanol–water partition coefficient (Wildman–Crippen LogP) is 0.342. The summed E-state index contributed by atoms with van der Waals surface area (Å²) in [7, 11) is 0. The first-order valence-corrected chi connectivity index (χ1v) is 9.65. The number of nitrogens with zero attached hydrogens (tertiary/aromatic N) is 4. The van der Waals surface area contributed by atoms with Gasteiger partial charge in [0.2, 0.25) is 17.8 Å². The second-order valence-electron chi connectivity index (χ2n) is 7.30. The van der Waals surface area contributed by atoms with Crippen LogP contribution in [0.15, 0.2) is 30.6 Å². The van der Waals surface area contributed by atoms with Crippen molar-refractivity contribution in [2.75, 3.05) is 18.0 Å². The minimum atomic E-state index is -0.649. The molecule has 0 saturated carbocycles. The van der Waals surface area contributed by atoms with Gasteiger partial charge in [-0.3, -0.25) is 19.7 Å². The quantitative estimate of drug-likeness (QED) is 0.518. The molecule has 9 nitrogen and oxygen atoms in total. The van der Waals surface area contributed by atoms with E-state index in [9.17, 15) is 18.8 Å². The fourth-order valence-corrected chi connectivity index (χ4v) is 3.87. The molecule has 1 saturated heterocycles. The van der Waals surface area contributed by atoms with Gasteiger partial charge in [-0.05, 0) is 23.6 Å². The molecule has 0 aliphatic carbocycles. The molecule has 0 radical (unpaired) electrons. The number of amides is 3. The summed E-state index contributed by atoms with van der Waals surface area (Å²) in [6.07, 6.45) is 1.69. The zero-order chi connectivity index (χ0) is 21.3. The molecular weight excluding hydrogens is 391 g/mol. The lowest BCUT2D eigenvalue weighted by Crippen LogP contribution is -2.52. The first-order valence-electron chi connectivity index (χ1n) is 9.65. The van der Waals surface area contributed by atoms with Gasteiger partial charge in [0.25, 0.3) is 5.91 Å². The van der Waals surface area contributed by atoms with E-state index in [4.69, 9.17) is 5.73 Å². The second kappa shape index (κ2) is 8.15. The maximum absolute atomic E-state index is 13.5. The van der Waals surface area contributed by atoms with Crippen molar-refractivity contribution in [1.82, 2.24) is 20.2 Å². The third-order valence-electron chi connectivity index (χ3n) is 5.30. The Bertz CT molecular complexity index is 1010. The normalized spacial score (nSPS) is 18.4. The highest BCUT2D eigenvalue weighted by atomic mass is 19.1. The topological polar surface area (TPSA) is 122 Å². The monoisotopic (exact) mass is 412 g/mol. The molecule has 0 bridgehead atoms. The van der Waals surface area contributed by atoms with Crippen molar-refractivity contribution in [1.29, 1.82) is 0 Å². The first-order chi connectivity index (χ1) is 14.5. The Labute approximate surface area is 172 Å². The Morgan fingerprint density at radius 3 is 2.80 bits per heavy atom. The van der Waals surface area contributed by atoms with Crippen molar-refractivity contribution in [2.45, 2.75) is 32.0 Å². The number of fused-ring (bicyclic) bond motifs is 1. The van der Waals surface area contributed by atoms with Crippen molar-refractivity contribution >= 4 is 23.5 Å². The molecular formula is C20H21FN6O3. The number of hydrogen-bond acceptors (Lipinski definition) is 7. The van der Waals surface area contributed by atoms with Crippen molar-refractivity contribution in [3.05, 3.63) is 53.2 Å². The van der Waals surface area contributed by atoms with Gasteiger partial charge >= 0.3 is 0 Å². The molecule has 30 heavy (non-hydrogen) atoms. The molecule has 2 aliphatic rings. The van der Waals surface area contributed by atoms with Crippen LogP contribution in [0.1, 0.15) is 34.3 Å². The summed E-state index contributed by atoms with van der Waals surface area (Å²) in [5, 5.41) is 2.29. The Hall–Kier alpha value is -3.40. The summed E-state index contributed by atoms with van der Waals surface area (Å²) >= 11 is 0. The minimum absolute atomic E-state index is 0.214. The molecule has 156 valence electrons. The molecule has 3 N–H and O–H groups in total. The molecule has 1 unspecified atom stereocenters. The van der Waals surface area contributed by atoms with Crippen LogP contribution in [0.3, 0.4) is 0 Å². The summed E-state index contributed by atoms with van der Waals surface area (Å²) in [5.74, 6) is -1.17. The number of nitrogens with one attached hydrogen (secondary N) is 1. The third-order valence-corrected chi connectivity index (χ3v) is 5.30. The van der Waals surface area contributed by atoms with Crippen LogP contribution in [0.2, 0.25) is 0 Å². The van der Waals surface area contributed by atoms with E-state index in [2.05, 4.69) is 15.3 Å². The number of nitrogens with two attached hydrogens (primary N) is 1. The average Bonchev–Trinajstić information content (AvgIpc) is 3.03. The third kappa shape index (κ3) is 3.86.